The average Bonchev–Trinajstić information content (AvgIpc) is 3.08. The van der Waals surface area contributed by atoms with Crippen molar-refractivity contribution in [1.82, 2.24) is 15.0 Å². The highest BCUT2D eigenvalue weighted by atomic mass is 35.5. The maximum atomic E-state index is 12.6. The molecule has 296 valence electrons. The van der Waals surface area contributed by atoms with Crippen LogP contribution in [0, 0.1) is 0 Å². The first-order chi connectivity index (χ1) is 26.4. The number of aromatic carboxylic acids is 1. The maximum absolute atomic E-state index is 12.6. The van der Waals surface area contributed by atoms with Crippen molar-refractivity contribution in [2.75, 3.05) is 10.6 Å². The first-order valence-corrected chi connectivity index (χ1v) is 21.1. The minimum atomic E-state index is -5.37. The van der Waals surface area contributed by atoms with Crippen LogP contribution in [-0.4, -0.2) is 83.0 Å². The molecule has 0 amide bonds. The SMILES string of the molecule is O=C(O)c1cc(S(=O)(=O)O)ccc1Nc1nc(Cl)nc(Nc2cc(S(=O)(=O)O)cc3cc(S(=O)(=O)O)c(/N=N/c4ccc5ccccc5c4S(=O)(=O)O)c(O)c23)n1. The molecule has 0 bridgehead atoms. The summed E-state index contributed by atoms with van der Waals surface area (Å²) in [5.41, 5.74) is -3.12. The van der Waals surface area contributed by atoms with Gasteiger partial charge in [0.05, 0.1) is 26.7 Å². The van der Waals surface area contributed by atoms with Crippen molar-refractivity contribution in [1.29, 1.82) is 0 Å². The molecule has 5 aromatic carbocycles. The van der Waals surface area contributed by atoms with Crippen molar-refractivity contribution < 1.29 is 66.9 Å². The van der Waals surface area contributed by atoms with Crippen LogP contribution in [0.3, 0.4) is 0 Å². The van der Waals surface area contributed by atoms with Crippen LogP contribution in [0.25, 0.3) is 21.5 Å². The summed E-state index contributed by atoms with van der Waals surface area (Å²) in [5.74, 6) is -3.91. The Labute approximate surface area is 324 Å². The number of carboxylic acids is 1. The van der Waals surface area contributed by atoms with Crippen LogP contribution in [0.15, 0.2) is 103 Å². The van der Waals surface area contributed by atoms with E-state index in [-0.39, 0.29) is 11.1 Å². The molecule has 0 aliphatic carbocycles. The second-order valence-corrected chi connectivity index (χ2v) is 17.3. The van der Waals surface area contributed by atoms with Crippen molar-refractivity contribution >= 4 is 114 Å². The molecular weight excluding hydrogens is 862 g/mol. The number of phenolic OH excluding ortho intramolecular Hbond substituents is 1. The molecule has 0 unspecified atom stereocenters. The van der Waals surface area contributed by atoms with Gasteiger partial charge >= 0.3 is 5.97 Å². The molecule has 0 aliphatic heterocycles. The highest BCUT2D eigenvalue weighted by Gasteiger charge is 2.27. The zero-order chi connectivity index (χ0) is 41.8. The molecule has 22 nitrogen and oxygen atoms in total. The lowest BCUT2D eigenvalue weighted by Gasteiger charge is -2.15. The maximum Gasteiger partial charge on any atom is 0.337 e. The van der Waals surface area contributed by atoms with Crippen LogP contribution < -0.4 is 10.6 Å². The van der Waals surface area contributed by atoms with Gasteiger partial charge in [0.15, 0.2) is 5.75 Å². The molecule has 0 spiro atoms. The summed E-state index contributed by atoms with van der Waals surface area (Å²) in [4.78, 5) is 19.9. The Hall–Kier alpha value is -5.97. The highest BCUT2D eigenvalue weighted by Crippen LogP contribution is 2.46. The largest absolute Gasteiger partial charge is 0.505 e. The lowest BCUT2D eigenvalue weighted by Crippen LogP contribution is -2.09. The smallest absolute Gasteiger partial charge is 0.337 e. The Bertz CT molecular complexity index is 3200. The normalized spacial score (nSPS) is 12.6. The van der Waals surface area contributed by atoms with Gasteiger partial charge in [-0.1, -0.05) is 30.3 Å². The Morgan fingerprint density at radius 1 is 0.649 bits per heavy atom. The van der Waals surface area contributed by atoms with Gasteiger partial charge in [-0.15, -0.1) is 10.2 Å². The van der Waals surface area contributed by atoms with E-state index in [1.165, 1.54) is 24.3 Å². The predicted molar refractivity (Wildman–Crippen MR) is 198 cm³/mol. The average molecular weight is 882 g/mol. The summed E-state index contributed by atoms with van der Waals surface area (Å²) >= 11 is 6.06. The Morgan fingerprint density at radius 2 is 1.28 bits per heavy atom. The number of hydrogen-bond acceptors (Lipinski definition) is 17. The van der Waals surface area contributed by atoms with Crippen LogP contribution in [0.5, 0.6) is 5.75 Å². The van der Waals surface area contributed by atoms with Gasteiger partial charge in [-0.25, -0.2) is 4.79 Å². The van der Waals surface area contributed by atoms with Crippen molar-refractivity contribution in [3.8, 4) is 5.75 Å². The molecular formula is C30H20ClN7O15S4. The van der Waals surface area contributed by atoms with E-state index >= 15 is 0 Å². The van der Waals surface area contributed by atoms with Gasteiger partial charge in [0.25, 0.3) is 40.5 Å². The minimum Gasteiger partial charge on any atom is -0.505 e. The molecule has 57 heavy (non-hydrogen) atoms. The second kappa shape index (κ2) is 14.5. The van der Waals surface area contributed by atoms with E-state index < -0.39 is 122 Å². The van der Waals surface area contributed by atoms with Gasteiger partial charge in [-0.2, -0.15) is 48.6 Å². The molecule has 0 aliphatic rings. The molecule has 0 fully saturated rings. The molecule has 0 atom stereocenters. The highest BCUT2D eigenvalue weighted by molar-refractivity contribution is 7.86. The third kappa shape index (κ3) is 8.57. The van der Waals surface area contributed by atoms with E-state index in [0.29, 0.717) is 29.7 Å². The van der Waals surface area contributed by atoms with Gasteiger partial charge in [-0.05, 0) is 64.8 Å². The number of hydrogen-bond donors (Lipinski definition) is 8. The number of rotatable bonds is 11. The number of fused-ring (bicyclic) bond motifs is 2. The van der Waals surface area contributed by atoms with Crippen molar-refractivity contribution in [2.45, 2.75) is 19.6 Å². The zero-order valence-electron chi connectivity index (χ0n) is 27.5. The third-order valence-electron chi connectivity index (χ3n) is 7.69. The number of anilines is 4. The van der Waals surface area contributed by atoms with Gasteiger partial charge in [0.1, 0.15) is 21.2 Å². The fourth-order valence-electron chi connectivity index (χ4n) is 5.36. The van der Waals surface area contributed by atoms with Gasteiger partial charge < -0.3 is 20.8 Å². The number of phenols is 1. The molecule has 0 radical (unpaired) electrons. The molecule has 1 heterocycles. The summed E-state index contributed by atoms with van der Waals surface area (Å²) in [5, 5.41) is 32.3. The number of benzene rings is 5. The summed E-state index contributed by atoms with van der Waals surface area (Å²) in [6, 6.07) is 12.8. The van der Waals surface area contributed by atoms with Crippen LogP contribution in [0.1, 0.15) is 10.4 Å². The number of aromatic nitrogens is 3. The quantitative estimate of drug-likeness (QED) is 0.0617. The Balaban J connectivity index is 1.53. The summed E-state index contributed by atoms with van der Waals surface area (Å²) in [6.45, 7) is 0. The predicted octanol–water partition coefficient (Wildman–Crippen LogP) is 5.12. The number of aromatic hydroxyl groups is 1. The number of halogens is 1. The minimum absolute atomic E-state index is 0.0161. The summed E-state index contributed by atoms with van der Waals surface area (Å²) in [6.07, 6.45) is 0. The van der Waals surface area contributed by atoms with Crippen LogP contribution >= 0.6 is 11.6 Å². The Kier molecular flexibility index (Phi) is 10.4. The van der Waals surface area contributed by atoms with Gasteiger partial charge in [-0.3, -0.25) is 18.2 Å². The topological polar surface area (TPSA) is 362 Å². The third-order valence-corrected chi connectivity index (χ3v) is 11.4. The Morgan fingerprint density at radius 3 is 1.88 bits per heavy atom. The standard InChI is InChI=1S/C30H20ClN7O15S4/c31-28-34-29(32-19-8-6-15(54(42,43)44)11-18(19)27(40)41)36-30(35-28)33-21-12-16(55(45,46)47)9-14-10-22(56(48,49)50)24(25(39)23(14)21)38-37-20-7-5-13-3-1-2-4-17(13)26(20)57(51,52)53/h1-12,39H,(H,40,41)(H,42,43,44)(H,45,46,47)(H,48,49,50)(H,51,52,53)(H2,32,33,34,35,36)/b38-37+. The van der Waals surface area contributed by atoms with Crippen LogP contribution in [0.4, 0.5) is 34.6 Å². The van der Waals surface area contributed by atoms with E-state index in [1.807, 2.05) is 0 Å². The lowest BCUT2D eigenvalue weighted by molar-refractivity contribution is 0.0697. The fraction of sp³-hybridized carbons (Fsp3) is 0. The molecule has 1 aromatic heterocycles. The number of carbonyl (C=O) groups is 1. The molecule has 27 heteroatoms. The van der Waals surface area contributed by atoms with E-state index in [9.17, 15) is 66.9 Å². The van der Waals surface area contributed by atoms with Gasteiger partial charge in [0, 0.05) is 10.8 Å². The van der Waals surface area contributed by atoms with Gasteiger partial charge in [0.2, 0.25) is 17.2 Å². The van der Waals surface area contributed by atoms with E-state index in [4.69, 9.17) is 11.6 Å². The second-order valence-electron chi connectivity index (χ2n) is 11.4. The monoisotopic (exact) mass is 881 g/mol. The van der Waals surface area contributed by atoms with E-state index in [1.54, 1.807) is 6.07 Å². The number of nitrogens with zero attached hydrogens (tertiary/aromatic N) is 5. The van der Waals surface area contributed by atoms with Crippen molar-refractivity contribution in [3.63, 3.8) is 0 Å². The number of carboxylic acid groups (broad SMARTS) is 1. The lowest BCUT2D eigenvalue weighted by atomic mass is 10.1. The number of azo groups is 1. The molecule has 6 rings (SSSR count). The van der Waals surface area contributed by atoms with Crippen molar-refractivity contribution in [2.24, 2.45) is 10.2 Å². The van der Waals surface area contributed by atoms with Crippen LogP contribution in [-0.2, 0) is 40.5 Å². The van der Waals surface area contributed by atoms with Crippen molar-refractivity contribution in [3.05, 3.63) is 83.6 Å². The molecule has 0 saturated carbocycles. The molecule has 6 aromatic rings. The first kappa shape index (κ1) is 40.7. The summed E-state index contributed by atoms with van der Waals surface area (Å²) in [7, 11) is -20.3. The molecule has 8 N–H and O–H groups in total. The summed E-state index contributed by atoms with van der Waals surface area (Å²) < 4.78 is 137. The molecule has 0 saturated heterocycles. The van der Waals surface area contributed by atoms with E-state index in [2.05, 4.69) is 35.8 Å². The fourth-order valence-corrected chi connectivity index (χ4v) is 8.06. The van der Waals surface area contributed by atoms with Crippen LogP contribution in [0.2, 0.25) is 5.28 Å². The first-order valence-electron chi connectivity index (χ1n) is 14.9. The zero-order valence-corrected chi connectivity index (χ0v) is 31.6. The number of nitrogens with one attached hydrogen (secondary N) is 2. The van der Waals surface area contributed by atoms with E-state index in [0.717, 1.165) is 18.2 Å².